The summed E-state index contributed by atoms with van der Waals surface area (Å²) in [5, 5.41) is 11.0. The highest BCUT2D eigenvalue weighted by atomic mass is 32.2. The normalized spacial score (nSPS) is 18.4. The molecule has 1 amide bonds. The molecule has 0 spiro atoms. The summed E-state index contributed by atoms with van der Waals surface area (Å²) in [6, 6.07) is 2.56. The molecular formula is C14H19N3O6S. The molecule has 10 heteroatoms. The molecule has 0 aromatic heterocycles. The van der Waals surface area contributed by atoms with Crippen LogP contribution in [0.25, 0.3) is 0 Å². The lowest BCUT2D eigenvalue weighted by molar-refractivity contribution is -0.385. The lowest BCUT2D eigenvalue weighted by atomic mass is 10.2. The van der Waals surface area contributed by atoms with Crippen molar-refractivity contribution in [2.45, 2.75) is 23.8 Å². The SMILES string of the molecule is COc1ccc([N+](=O)[O-])cc1S(=O)(=O)N1CCC[C@H]1C(=O)N(C)C. The van der Waals surface area contributed by atoms with Crippen LogP contribution in [0, 0.1) is 10.1 Å². The molecular weight excluding hydrogens is 338 g/mol. The number of sulfonamides is 1. The van der Waals surface area contributed by atoms with Crippen molar-refractivity contribution in [2.75, 3.05) is 27.7 Å². The Bertz CT molecular complexity index is 762. The second kappa shape index (κ2) is 6.73. The zero-order valence-corrected chi connectivity index (χ0v) is 14.4. The van der Waals surface area contributed by atoms with E-state index in [0.29, 0.717) is 12.8 Å². The molecule has 9 nitrogen and oxygen atoms in total. The van der Waals surface area contributed by atoms with Crippen molar-refractivity contribution in [1.29, 1.82) is 0 Å². The van der Waals surface area contributed by atoms with Crippen LogP contribution in [0.15, 0.2) is 23.1 Å². The Kier molecular flexibility index (Phi) is 5.09. The zero-order valence-electron chi connectivity index (χ0n) is 13.6. The second-order valence-electron chi connectivity index (χ2n) is 5.60. The predicted octanol–water partition coefficient (Wildman–Crippen LogP) is 0.845. The number of rotatable bonds is 5. The molecule has 0 bridgehead atoms. The highest BCUT2D eigenvalue weighted by Gasteiger charge is 2.41. The first-order chi connectivity index (χ1) is 11.2. The maximum Gasteiger partial charge on any atom is 0.271 e. The van der Waals surface area contributed by atoms with E-state index >= 15 is 0 Å². The van der Waals surface area contributed by atoms with E-state index in [9.17, 15) is 23.3 Å². The summed E-state index contributed by atoms with van der Waals surface area (Å²) in [5.74, 6) is -0.316. The van der Waals surface area contributed by atoms with Gasteiger partial charge in [-0.05, 0) is 18.9 Å². The van der Waals surface area contributed by atoms with E-state index in [-0.39, 0.29) is 28.8 Å². The van der Waals surface area contributed by atoms with Crippen molar-refractivity contribution in [3.8, 4) is 5.75 Å². The number of benzene rings is 1. The van der Waals surface area contributed by atoms with Crippen LogP contribution in [-0.2, 0) is 14.8 Å². The van der Waals surface area contributed by atoms with Crippen LogP contribution in [-0.4, -0.2) is 62.2 Å². The number of nitrogens with zero attached hydrogens (tertiary/aromatic N) is 3. The van der Waals surface area contributed by atoms with Crippen molar-refractivity contribution in [1.82, 2.24) is 9.21 Å². The van der Waals surface area contributed by atoms with Gasteiger partial charge in [-0.15, -0.1) is 0 Å². The van der Waals surface area contributed by atoms with Gasteiger partial charge in [0.2, 0.25) is 15.9 Å². The Morgan fingerprint density at radius 2 is 2.08 bits per heavy atom. The van der Waals surface area contributed by atoms with Gasteiger partial charge in [-0.25, -0.2) is 8.42 Å². The summed E-state index contributed by atoms with van der Waals surface area (Å²) >= 11 is 0. The first-order valence-corrected chi connectivity index (χ1v) is 8.69. The van der Waals surface area contributed by atoms with Crippen LogP contribution in [0.5, 0.6) is 5.75 Å². The number of carbonyl (C=O) groups is 1. The minimum Gasteiger partial charge on any atom is -0.495 e. The number of amides is 1. The first-order valence-electron chi connectivity index (χ1n) is 7.25. The van der Waals surface area contributed by atoms with Crippen molar-refractivity contribution >= 4 is 21.6 Å². The van der Waals surface area contributed by atoms with Gasteiger partial charge in [0, 0.05) is 32.8 Å². The molecule has 0 N–H and O–H groups in total. The van der Waals surface area contributed by atoms with Gasteiger partial charge < -0.3 is 9.64 Å². The van der Waals surface area contributed by atoms with E-state index in [4.69, 9.17) is 4.74 Å². The zero-order chi connectivity index (χ0) is 18.1. The quantitative estimate of drug-likeness (QED) is 0.570. The summed E-state index contributed by atoms with van der Waals surface area (Å²) in [6.45, 7) is 0.179. The van der Waals surface area contributed by atoms with Gasteiger partial charge in [-0.1, -0.05) is 0 Å². The van der Waals surface area contributed by atoms with Gasteiger partial charge in [-0.2, -0.15) is 4.31 Å². The maximum absolute atomic E-state index is 13.0. The Hall–Kier alpha value is -2.20. The summed E-state index contributed by atoms with van der Waals surface area (Å²) in [4.78, 5) is 23.6. The van der Waals surface area contributed by atoms with E-state index < -0.39 is 21.0 Å². The van der Waals surface area contributed by atoms with Gasteiger partial charge in [0.05, 0.1) is 12.0 Å². The summed E-state index contributed by atoms with van der Waals surface area (Å²) in [6.07, 6.45) is 0.953. The number of nitro benzene ring substituents is 1. The molecule has 24 heavy (non-hydrogen) atoms. The number of methoxy groups -OCH3 is 1. The van der Waals surface area contributed by atoms with Crippen LogP contribution in [0.4, 0.5) is 5.69 Å². The molecule has 132 valence electrons. The molecule has 1 aliphatic rings. The highest BCUT2D eigenvalue weighted by Crippen LogP contribution is 2.34. The van der Waals surface area contributed by atoms with Crippen LogP contribution in [0.2, 0.25) is 0 Å². The monoisotopic (exact) mass is 357 g/mol. The molecule has 0 unspecified atom stereocenters. The van der Waals surface area contributed by atoms with E-state index in [2.05, 4.69) is 0 Å². The number of non-ortho nitro benzene ring substituents is 1. The Labute approximate surface area is 140 Å². The van der Waals surface area contributed by atoms with E-state index in [1.165, 1.54) is 24.1 Å². The third kappa shape index (κ3) is 3.20. The van der Waals surface area contributed by atoms with Crippen LogP contribution in [0.3, 0.4) is 0 Å². The molecule has 1 fully saturated rings. The molecule has 0 radical (unpaired) electrons. The van der Waals surface area contributed by atoms with Crippen molar-refractivity contribution in [3.63, 3.8) is 0 Å². The highest BCUT2D eigenvalue weighted by molar-refractivity contribution is 7.89. The first kappa shape index (κ1) is 18.1. The van der Waals surface area contributed by atoms with Gasteiger partial charge in [0.15, 0.2) is 0 Å². The van der Waals surface area contributed by atoms with Gasteiger partial charge in [-0.3, -0.25) is 14.9 Å². The average Bonchev–Trinajstić information content (AvgIpc) is 3.03. The Morgan fingerprint density at radius 3 is 2.62 bits per heavy atom. The Balaban J connectivity index is 2.51. The van der Waals surface area contributed by atoms with Crippen LogP contribution < -0.4 is 4.74 Å². The molecule has 1 aromatic rings. The number of hydrogen-bond donors (Lipinski definition) is 0. The predicted molar refractivity (Wildman–Crippen MR) is 85.3 cm³/mol. The standard InChI is InChI=1S/C14H19N3O6S/c1-15(2)14(18)11-5-4-8-16(11)24(21,22)13-9-10(17(19)20)6-7-12(13)23-3/h6-7,9,11H,4-5,8H2,1-3H3/t11-/m0/s1. The van der Waals surface area contributed by atoms with E-state index in [1.54, 1.807) is 14.1 Å². The third-order valence-corrected chi connectivity index (χ3v) is 5.80. The van der Waals surface area contributed by atoms with Crippen molar-refractivity contribution < 1.29 is 22.9 Å². The number of nitro groups is 1. The number of ether oxygens (including phenoxy) is 1. The van der Waals surface area contributed by atoms with Gasteiger partial charge in [0.1, 0.15) is 16.7 Å². The fourth-order valence-corrected chi connectivity index (χ4v) is 4.51. The second-order valence-corrected chi connectivity index (χ2v) is 7.46. The topological polar surface area (TPSA) is 110 Å². The van der Waals surface area contributed by atoms with Gasteiger partial charge in [0.25, 0.3) is 5.69 Å². The minimum atomic E-state index is -4.11. The largest absolute Gasteiger partial charge is 0.495 e. The molecule has 1 atom stereocenters. The summed E-state index contributed by atoms with van der Waals surface area (Å²) in [5.41, 5.74) is -0.357. The van der Waals surface area contributed by atoms with Gasteiger partial charge >= 0.3 is 0 Å². The molecule has 1 saturated heterocycles. The van der Waals surface area contributed by atoms with Crippen LogP contribution in [0.1, 0.15) is 12.8 Å². The molecule has 0 saturated carbocycles. The molecule has 1 aliphatic heterocycles. The molecule has 1 aromatic carbocycles. The third-order valence-electron chi connectivity index (χ3n) is 3.87. The molecule has 0 aliphatic carbocycles. The van der Waals surface area contributed by atoms with E-state index in [1.807, 2.05) is 0 Å². The Morgan fingerprint density at radius 1 is 1.42 bits per heavy atom. The fourth-order valence-electron chi connectivity index (χ4n) is 2.68. The molecule has 2 rings (SSSR count). The maximum atomic E-state index is 13.0. The molecule has 1 heterocycles. The number of likely N-dealkylation sites (N-methyl/N-ethyl adjacent to an activating group) is 1. The lowest BCUT2D eigenvalue weighted by Crippen LogP contribution is -2.45. The lowest BCUT2D eigenvalue weighted by Gasteiger charge is -2.26. The fraction of sp³-hybridized carbons (Fsp3) is 0.500. The summed E-state index contributed by atoms with van der Waals surface area (Å²) in [7, 11) is 0.285. The minimum absolute atomic E-state index is 0.00329. The average molecular weight is 357 g/mol. The van der Waals surface area contributed by atoms with Crippen molar-refractivity contribution in [2.24, 2.45) is 0 Å². The number of hydrogen-bond acceptors (Lipinski definition) is 6. The summed E-state index contributed by atoms with van der Waals surface area (Å²) < 4.78 is 32.1. The van der Waals surface area contributed by atoms with Crippen LogP contribution >= 0.6 is 0 Å². The van der Waals surface area contributed by atoms with Crippen molar-refractivity contribution in [3.05, 3.63) is 28.3 Å². The smallest absolute Gasteiger partial charge is 0.271 e. The van der Waals surface area contributed by atoms with E-state index in [0.717, 1.165) is 10.4 Å². The number of carbonyl (C=O) groups excluding carboxylic acids is 1.